The van der Waals surface area contributed by atoms with Crippen molar-refractivity contribution in [2.45, 2.75) is 6.92 Å². The van der Waals surface area contributed by atoms with Gasteiger partial charge in [-0.1, -0.05) is 6.07 Å². The molecular formula is C18H22N5OS+. The minimum Gasteiger partial charge on any atom is -0.341 e. The highest BCUT2D eigenvalue weighted by molar-refractivity contribution is 7.80. The number of pyridine rings is 1. The lowest BCUT2D eigenvalue weighted by molar-refractivity contribution is -0.364. The van der Waals surface area contributed by atoms with Crippen LogP contribution < -0.4 is 20.5 Å². The molecule has 2 aromatic rings. The molecule has 1 aromatic carbocycles. The van der Waals surface area contributed by atoms with Crippen molar-refractivity contribution in [1.29, 1.82) is 0 Å². The van der Waals surface area contributed by atoms with Crippen LogP contribution in [-0.2, 0) is 4.79 Å². The summed E-state index contributed by atoms with van der Waals surface area (Å²) in [6, 6.07) is 13.6. The van der Waals surface area contributed by atoms with Gasteiger partial charge in [0.15, 0.2) is 5.11 Å². The highest BCUT2D eigenvalue weighted by atomic mass is 32.1. The Morgan fingerprint density at radius 1 is 1.00 bits per heavy atom. The molecule has 1 fully saturated rings. The van der Waals surface area contributed by atoms with Crippen LogP contribution in [0.25, 0.3) is 0 Å². The molecule has 0 spiro atoms. The van der Waals surface area contributed by atoms with E-state index in [2.05, 4.69) is 31.5 Å². The summed E-state index contributed by atoms with van der Waals surface area (Å²) in [5.74, 6) is 1.05. The van der Waals surface area contributed by atoms with Gasteiger partial charge >= 0.3 is 0 Å². The molecular weight excluding hydrogens is 334 g/mol. The number of nitrogens with zero attached hydrogens (tertiary/aromatic N) is 2. The van der Waals surface area contributed by atoms with E-state index in [1.165, 1.54) is 6.92 Å². The fourth-order valence-corrected chi connectivity index (χ4v) is 3.07. The zero-order valence-corrected chi connectivity index (χ0v) is 15.0. The van der Waals surface area contributed by atoms with Gasteiger partial charge < -0.3 is 15.5 Å². The number of thiocarbonyl (C=S) groups is 1. The van der Waals surface area contributed by atoms with E-state index >= 15 is 0 Å². The quantitative estimate of drug-likeness (QED) is 0.824. The average molecular weight is 356 g/mol. The summed E-state index contributed by atoms with van der Waals surface area (Å²) in [6.07, 6.45) is 1.94. The van der Waals surface area contributed by atoms with Crippen LogP contribution >= 0.6 is 12.2 Å². The van der Waals surface area contributed by atoms with Crippen LogP contribution in [0.15, 0.2) is 48.7 Å². The Hall–Kier alpha value is -2.67. The van der Waals surface area contributed by atoms with Crippen LogP contribution in [-0.4, -0.2) is 42.1 Å². The average Bonchev–Trinajstić information content (AvgIpc) is 2.64. The molecule has 1 aliphatic heterocycles. The Balaban J connectivity index is 1.52. The molecule has 0 saturated carbocycles. The van der Waals surface area contributed by atoms with E-state index in [4.69, 9.17) is 12.2 Å². The molecule has 0 unspecified atom stereocenters. The van der Waals surface area contributed by atoms with Crippen LogP contribution in [0.3, 0.4) is 0 Å². The van der Waals surface area contributed by atoms with Crippen molar-refractivity contribution in [3.8, 4) is 0 Å². The van der Waals surface area contributed by atoms with E-state index in [0.29, 0.717) is 0 Å². The fourth-order valence-electron chi connectivity index (χ4n) is 2.77. The lowest BCUT2D eigenvalue weighted by Gasteiger charge is -2.32. The highest BCUT2D eigenvalue weighted by Crippen LogP contribution is 2.15. The molecule has 2 heterocycles. The Morgan fingerprint density at radius 2 is 1.64 bits per heavy atom. The van der Waals surface area contributed by atoms with Gasteiger partial charge in [-0.25, -0.2) is 4.98 Å². The summed E-state index contributed by atoms with van der Waals surface area (Å²) in [4.78, 5) is 18.8. The molecule has 0 radical (unpaired) electrons. The number of H-pyrrole nitrogens is 1. The van der Waals surface area contributed by atoms with Crippen LogP contribution in [0.4, 0.5) is 17.2 Å². The predicted octanol–water partition coefficient (Wildman–Crippen LogP) is 1.98. The monoisotopic (exact) mass is 356 g/mol. The lowest BCUT2D eigenvalue weighted by atomic mass is 10.2. The second-order valence-electron chi connectivity index (χ2n) is 5.91. The standard InChI is InChI=1S/C18H21N5OS/c1-14(24)20-15-5-7-16(8-6-15)21-18(25)23-12-10-22(11-13-23)17-4-2-3-9-19-17/h2-9H,10-13H2,1H3,(H,20,24)(H,21,25)/p+1. The fraction of sp³-hybridized carbons (Fsp3) is 0.278. The predicted molar refractivity (Wildman–Crippen MR) is 104 cm³/mol. The number of rotatable bonds is 3. The third kappa shape index (κ3) is 4.67. The summed E-state index contributed by atoms with van der Waals surface area (Å²) < 4.78 is 0. The van der Waals surface area contributed by atoms with Crippen molar-refractivity contribution in [2.24, 2.45) is 0 Å². The number of nitrogens with one attached hydrogen (secondary N) is 3. The molecule has 130 valence electrons. The molecule has 1 aliphatic rings. The van der Waals surface area contributed by atoms with Crippen molar-refractivity contribution in [3.63, 3.8) is 0 Å². The van der Waals surface area contributed by atoms with E-state index in [1.807, 2.05) is 42.6 Å². The molecule has 7 heteroatoms. The van der Waals surface area contributed by atoms with E-state index in [9.17, 15) is 4.79 Å². The summed E-state index contributed by atoms with van der Waals surface area (Å²) in [7, 11) is 0. The number of carbonyl (C=O) groups is 1. The first kappa shape index (κ1) is 17.2. The Labute approximate surface area is 152 Å². The second-order valence-corrected chi connectivity index (χ2v) is 6.30. The molecule has 0 aliphatic carbocycles. The lowest BCUT2D eigenvalue weighted by Crippen LogP contribution is -2.51. The first-order valence-corrected chi connectivity index (χ1v) is 8.68. The number of aromatic nitrogens is 1. The maximum Gasteiger partial charge on any atom is 0.274 e. The van der Waals surface area contributed by atoms with Crippen LogP contribution in [0, 0.1) is 0 Å². The minimum absolute atomic E-state index is 0.0789. The maximum atomic E-state index is 11.1. The molecule has 1 aromatic heterocycles. The minimum atomic E-state index is -0.0789. The van der Waals surface area contributed by atoms with Gasteiger partial charge in [-0.05, 0) is 42.5 Å². The molecule has 0 atom stereocenters. The van der Waals surface area contributed by atoms with Crippen LogP contribution in [0.5, 0.6) is 0 Å². The van der Waals surface area contributed by atoms with Crippen molar-refractivity contribution in [3.05, 3.63) is 48.7 Å². The molecule has 1 amide bonds. The number of hydrogen-bond acceptors (Lipinski definition) is 3. The van der Waals surface area contributed by atoms with Gasteiger partial charge in [0.1, 0.15) is 13.1 Å². The number of piperazine rings is 1. The van der Waals surface area contributed by atoms with Crippen molar-refractivity contribution < 1.29 is 9.78 Å². The van der Waals surface area contributed by atoms with Crippen molar-refractivity contribution >= 4 is 40.4 Å². The number of carbonyl (C=O) groups excluding carboxylic acids is 1. The summed E-state index contributed by atoms with van der Waals surface area (Å²) in [5, 5.41) is 6.74. The molecule has 3 rings (SSSR count). The molecule has 0 bridgehead atoms. The molecule has 3 N–H and O–H groups in total. The number of aromatic amines is 1. The molecule has 6 nitrogen and oxygen atoms in total. The van der Waals surface area contributed by atoms with Gasteiger partial charge in [-0.15, -0.1) is 0 Å². The summed E-state index contributed by atoms with van der Waals surface area (Å²) in [6.45, 7) is 5.08. The topological polar surface area (TPSA) is 61.8 Å². The smallest absolute Gasteiger partial charge is 0.274 e. The number of benzene rings is 1. The van der Waals surface area contributed by atoms with Gasteiger partial charge in [0.2, 0.25) is 5.91 Å². The van der Waals surface area contributed by atoms with E-state index in [0.717, 1.165) is 48.5 Å². The van der Waals surface area contributed by atoms with Gasteiger partial charge in [0.25, 0.3) is 5.82 Å². The first-order chi connectivity index (χ1) is 12.1. The Morgan fingerprint density at radius 3 is 2.20 bits per heavy atom. The largest absolute Gasteiger partial charge is 0.341 e. The number of hydrogen-bond donors (Lipinski definition) is 2. The molecule has 25 heavy (non-hydrogen) atoms. The Kier molecular flexibility index (Phi) is 5.45. The summed E-state index contributed by atoms with van der Waals surface area (Å²) >= 11 is 5.53. The second kappa shape index (κ2) is 7.94. The van der Waals surface area contributed by atoms with Gasteiger partial charge in [0, 0.05) is 24.4 Å². The van der Waals surface area contributed by atoms with Gasteiger partial charge in [-0.3, -0.25) is 9.69 Å². The Bertz CT molecular complexity index is 727. The first-order valence-electron chi connectivity index (χ1n) is 8.27. The number of anilines is 3. The zero-order chi connectivity index (χ0) is 17.6. The van der Waals surface area contributed by atoms with Crippen molar-refractivity contribution in [2.75, 3.05) is 41.7 Å². The third-order valence-corrected chi connectivity index (χ3v) is 4.42. The zero-order valence-electron chi connectivity index (χ0n) is 14.2. The van der Waals surface area contributed by atoms with Crippen LogP contribution in [0.2, 0.25) is 0 Å². The third-order valence-electron chi connectivity index (χ3n) is 4.06. The summed E-state index contributed by atoms with van der Waals surface area (Å²) in [5.41, 5.74) is 1.69. The van der Waals surface area contributed by atoms with E-state index in [-0.39, 0.29) is 5.91 Å². The molecule has 1 saturated heterocycles. The normalized spacial score (nSPS) is 14.1. The number of amides is 1. The van der Waals surface area contributed by atoms with Gasteiger partial charge in [-0.2, -0.15) is 0 Å². The highest BCUT2D eigenvalue weighted by Gasteiger charge is 2.24. The van der Waals surface area contributed by atoms with E-state index in [1.54, 1.807) is 0 Å². The van der Waals surface area contributed by atoms with Crippen molar-refractivity contribution in [1.82, 2.24) is 4.90 Å². The van der Waals surface area contributed by atoms with E-state index < -0.39 is 0 Å². The van der Waals surface area contributed by atoms with Crippen LogP contribution in [0.1, 0.15) is 6.92 Å². The SMILES string of the molecule is CC(=O)Nc1ccc(NC(=S)N2CCN(c3cccc[nH+]3)CC2)cc1. The maximum absolute atomic E-state index is 11.1. The van der Waals surface area contributed by atoms with Gasteiger partial charge in [0.05, 0.1) is 19.3 Å².